The average Bonchev–Trinajstić information content (AvgIpc) is 2.31. The van der Waals surface area contributed by atoms with Gasteiger partial charge in [0.15, 0.2) is 0 Å². The van der Waals surface area contributed by atoms with E-state index >= 15 is 0 Å². The molecule has 17 heavy (non-hydrogen) atoms. The number of rotatable bonds is 8. The summed E-state index contributed by atoms with van der Waals surface area (Å²) in [6, 6.07) is 0.633. The van der Waals surface area contributed by atoms with E-state index in [2.05, 4.69) is 6.58 Å². The van der Waals surface area contributed by atoms with E-state index in [1.807, 2.05) is 0 Å². The summed E-state index contributed by atoms with van der Waals surface area (Å²) in [5.74, 6) is -0.343. The number of hydrogen-bond donors (Lipinski definition) is 0. The Bertz CT molecular complexity index is 257. The molecule has 0 fully saturated rings. The second kappa shape index (κ2) is 7.77. The van der Waals surface area contributed by atoms with Gasteiger partial charge in [0.2, 0.25) is 0 Å². The normalized spacial score (nSPS) is 13.4. The summed E-state index contributed by atoms with van der Waals surface area (Å²) in [6.45, 7) is 5.18. The van der Waals surface area contributed by atoms with Crippen molar-refractivity contribution in [2.45, 2.75) is 25.1 Å². The van der Waals surface area contributed by atoms with Gasteiger partial charge in [0.1, 0.15) is 0 Å². The largest absolute Gasteiger partial charge is 0.500 e. The molecule has 0 aromatic heterocycles. The lowest BCUT2D eigenvalue weighted by Crippen LogP contribution is -2.43. The van der Waals surface area contributed by atoms with E-state index in [1.165, 1.54) is 0 Å². The monoisotopic (exact) mass is 278 g/mol. The van der Waals surface area contributed by atoms with E-state index in [0.29, 0.717) is 18.0 Å². The summed E-state index contributed by atoms with van der Waals surface area (Å²) in [6.07, 6.45) is 0.687. The Morgan fingerprint density at radius 2 is 1.76 bits per heavy atom. The minimum Gasteiger partial charge on any atom is -0.464 e. The van der Waals surface area contributed by atoms with Crippen molar-refractivity contribution in [3.05, 3.63) is 12.2 Å². The highest BCUT2D eigenvalue weighted by Crippen LogP contribution is 2.17. The van der Waals surface area contributed by atoms with Gasteiger partial charge in [0, 0.05) is 32.9 Å². The lowest BCUT2D eigenvalue weighted by Gasteiger charge is -2.25. The summed E-state index contributed by atoms with van der Waals surface area (Å²) < 4.78 is 21.1. The first kappa shape index (κ1) is 16.5. The van der Waals surface area contributed by atoms with E-state index in [0.717, 1.165) is 10.2 Å². The van der Waals surface area contributed by atoms with Crippen molar-refractivity contribution >= 4 is 25.0 Å². The van der Waals surface area contributed by atoms with Crippen LogP contribution in [-0.4, -0.2) is 52.1 Å². The first-order valence-electron chi connectivity index (χ1n) is 5.42. The van der Waals surface area contributed by atoms with Crippen LogP contribution < -0.4 is 0 Å². The molecule has 0 aliphatic rings. The maximum absolute atomic E-state index is 11.3. The molecule has 1 unspecified atom stereocenters. The molecule has 0 aromatic rings. The fourth-order valence-corrected chi connectivity index (χ4v) is 4.23. The van der Waals surface area contributed by atoms with Crippen LogP contribution in [0.1, 0.15) is 13.3 Å². The number of esters is 1. The Morgan fingerprint density at radius 3 is 2.12 bits per heavy atom. The van der Waals surface area contributed by atoms with Crippen LogP contribution in [-0.2, 0) is 22.8 Å². The molecule has 0 aliphatic heterocycles. The molecule has 0 heterocycles. The molecular formula is C10H22O5Si2. The molecule has 0 radical (unpaired) electrons. The molecule has 100 valence electrons. The van der Waals surface area contributed by atoms with Gasteiger partial charge in [-0.2, -0.15) is 0 Å². The van der Waals surface area contributed by atoms with Crippen LogP contribution in [0.15, 0.2) is 12.2 Å². The quantitative estimate of drug-likeness (QED) is 0.357. The van der Waals surface area contributed by atoms with Crippen molar-refractivity contribution in [3.8, 4) is 0 Å². The number of ether oxygens (including phenoxy) is 1. The summed E-state index contributed by atoms with van der Waals surface area (Å²) in [5, 5.41) is 0. The minimum absolute atomic E-state index is 0.0773. The zero-order chi connectivity index (χ0) is 13.5. The van der Waals surface area contributed by atoms with E-state index in [4.69, 9.17) is 18.0 Å². The van der Waals surface area contributed by atoms with Crippen molar-refractivity contribution in [2.24, 2.45) is 0 Å². The highest BCUT2D eigenvalue weighted by atomic mass is 28.4. The van der Waals surface area contributed by atoms with Crippen LogP contribution in [0.3, 0.4) is 0 Å². The standard InChI is InChI=1S/C10H22O5Si2/c1-8(2)10(11)15-9(16)6-7-17(12-3,13-4)14-5/h9H,1,6-7H2,2-5,16H3. The maximum Gasteiger partial charge on any atom is 0.500 e. The lowest BCUT2D eigenvalue weighted by molar-refractivity contribution is -0.140. The van der Waals surface area contributed by atoms with Gasteiger partial charge in [-0.15, -0.1) is 0 Å². The number of hydrogen-bond acceptors (Lipinski definition) is 5. The zero-order valence-corrected chi connectivity index (χ0v) is 14.2. The molecular weight excluding hydrogens is 256 g/mol. The predicted molar refractivity (Wildman–Crippen MR) is 70.8 cm³/mol. The van der Waals surface area contributed by atoms with E-state index in [9.17, 15) is 4.79 Å². The van der Waals surface area contributed by atoms with Crippen molar-refractivity contribution in [2.75, 3.05) is 21.3 Å². The van der Waals surface area contributed by atoms with Gasteiger partial charge >= 0.3 is 14.8 Å². The van der Waals surface area contributed by atoms with Crippen molar-refractivity contribution in [1.29, 1.82) is 0 Å². The Morgan fingerprint density at radius 1 is 1.29 bits per heavy atom. The van der Waals surface area contributed by atoms with E-state index < -0.39 is 8.80 Å². The number of carbonyl (C=O) groups is 1. The SMILES string of the molecule is C=C(C)C(=O)OC([SiH3])CC[Si](OC)(OC)OC. The molecule has 1 atom stereocenters. The van der Waals surface area contributed by atoms with Crippen LogP contribution in [0.4, 0.5) is 0 Å². The average molecular weight is 278 g/mol. The Balaban J connectivity index is 4.18. The van der Waals surface area contributed by atoms with Gasteiger partial charge in [0.05, 0.1) is 16.0 Å². The fourth-order valence-electron chi connectivity index (χ4n) is 1.28. The second-order valence-corrected chi connectivity index (χ2v) is 8.21. The highest BCUT2D eigenvalue weighted by Gasteiger charge is 2.37. The lowest BCUT2D eigenvalue weighted by atomic mass is 10.4. The van der Waals surface area contributed by atoms with Crippen LogP contribution in [0, 0.1) is 0 Å². The van der Waals surface area contributed by atoms with Crippen LogP contribution in [0.2, 0.25) is 6.04 Å². The first-order valence-corrected chi connectivity index (χ1v) is 8.51. The zero-order valence-electron chi connectivity index (χ0n) is 11.2. The van der Waals surface area contributed by atoms with Gasteiger partial charge in [-0.05, 0) is 13.3 Å². The second-order valence-electron chi connectivity index (χ2n) is 3.83. The molecule has 0 bridgehead atoms. The van der Waals surface area contributed by atoms with Gasteiger partial charge in [-0.3, -0.25) is 0 Å². The molecule has 0 spiro atoms. The van der Waals surface area contributed by atoms with E-state index in [1.54, 1.807) is 28.3 Å². The molecule has 0 saturated heterocycles. The molecule has 0 aromatic carbocycles. The molecule has 0 N–H and O–H groups in total. The van der Waals surface area contributed by atoms with Gasteiger partial charge in [-0.1, -0.05) is 6.58 Å². The van der Waals surface area contributed by atoms with Gasteiger partial charge in [0.25, 0.3) is 0 Å². The molecule has 0 amide bonds. The summed E-state index contributed by atoms with van der Waals surface area (Å²) in [4.78, 5) is 11.3. The van der Waals surface area contributed by atoms with E-state index in [-0.39, 0.29) is 11.7 Å². The highest BCUT2D eigenvalue weighted by molar-refractivity contribution is 6.60. The van der Waals surface area contributed by atoms with Gasteiger partial charge in [-0.25, -0.2) is 4.79 Å². The van der Waals surface area contributed by atoms with Crippen molar-refractivity contribution < 1.29 is 22.8 Å². The Kier molecular flexibility index (Phi) is 7.56. The Hall–Kier alpha value is -0.476. The molecule has 7 heteroatoms. The fraction of sp³-hybridized carbons (Fsp3) is 0.700. The van der Waals surface area contributed by atoms with Gasteiger partial charge < -0.3 is 18.0 Å². The summed E-state index contributed by atoms with van der Waals surface area (Å²) >= 11 is 0. The third-order valence-corrected chi connectivity index (χ3v) is 6.03. The predicted octanol–water partition coefficient (Wildman–Crippen LogP) is 0.0654. The Labute approximate surface area is 107 Å². The van der Waals surface area contributed by atoms with Crippen molar-refractivity contribution in [1.82, 2.24) is 0 Å². The smallest absolute Gasteiger partial charge is 0.464 e. The molecule has 5 nitrogen and oxygen atoms in total. The molecule has 0 saturated carbocycles. The molecule has 0 rings (SSSR count). The summed E-state index contributed by atoms with van der Waals surface area (Å²) in [5.41, 5.74) is 0.339. The summed E-state index contributed by atoms with van der Waals surface area (Å²) in [7, 11) is 2.92. The van der Waals surface area contributed by atoms with Crippen LogP contribution >= 0.6 is 0 Å². The van der Waals surface area contributed by atoms with Crippen LogP contribution in [0.25, 0.3) is 0 Å². The maximum atomic E-state index is 11.3. The minimum atomic E-state index is -2.55. The van der Waals surface area contributed by atoms with Crippen molar-refractivity contribution in [3.63, 3.8) is 0 Å². The van der Waals surface area contributed by atoms with Crippen LogP contribution in [0.5, 0.6) is 0 Å². The first-order chi connectivity index (χ1) is 7.90. The third-order valence-electron chi connectivity index (χ3n) is 2.45. The number of carbonyl (C=O) groups excluding carboxylic acids is 1. The topological polar surface area (TPSA) is 54.0 Å². The molecule has 0 aliphatic carbocycles. The third kappa shape index (κ3) is 5.60.